The summed E-state index contributed by atoms with van der Waals surface area (Å²) in [5.74, 6) is 0.203. The molecule has 1 aromatic carbocycles. The van der Waals surface area contributed by atoms with Crippen molar-refractivity contribution in [3.8, 4) is 0 Å². The van der Waals surface area contributed by atoms with Gasteiger partial charge in [0.1, 0.15) is 0 Å². The molecule has 1 aromatic rings. The highest BCUT2D eigenvalue weighted by atomic mass is 79.9. The van der Waals surface area contributed by atoms with Crippen molar-refractivity contribution in [2.24, 2.45) is 0 Å². The van der Waals surface area contributed by atoms with Gasteiger partial charge in [0.25, 0.3) is 0 Å². The molecular weight excluding hydrogens is 254 g/mol. The second kappa shape index (κ2) is 4.35. The van der Waals surface area contributed by atoms with Crippen LogP contribution in [0.2, 0.25) is 0 Å². The molecule has 1 heterocycles. The second-order valence-electron chi connectivity index (χ2n) is 3.92. The van der Waals surface area contributed by atoms with E-state index in [1.807, 2.05) is 18.2 Å². The molecule has 0 spiro atoms. The first kappa shape index (κ1) is 10.7. The van der Waals surface area contributed by atoms with Crippen molar-refractivity contribution in [2.45, 2.75) is 32.1 Å². The molecule has 0 aliphatic carbocycles. The van der Waals surface area contributed by atoms with Crippen LogP contribution in [0, 0.1) is 0 Å². The summed E-state index contributed by atoms with van der Waals surface area (Å²) < 4.78 is 1.04. The zero-order chi connectivity index (χ0) is 10.8. The van der Waals surface area contributed by atoms with E-state index >= 15 is 0 Å². The number of anilines is 1. The van der Waals surface area contributed by atoms with Crippen molar-refractivity contribution in [3.63, 3.8) is 0 Å². The number of rotatable bonds is 3. The maximum Gasteiger partial charge on any atom is 0.232 e. The Labute approximate surface area is 98.2 Å². The van der Waals surface area contributed by atoms with Crippen LogP contribution in [0.3, 0.4) is 0 Å². The number of amides is 1. The van der Waals surface area contributed by atoms with Crippen LogP contribution in [0.15, 0.2) is 22.7 Å². The number of nitrogens with one attached hydrogen (secondary N) is 1. The molecule has 0 radical (unpaired) electrons. The van der Waals surface area contributed by atoms with Crippen LogP contribution in [0.5, 0.6) is 0 Å². The molecule has 2 rings (SSSR count). The monoisotopic (exact) mass is 267 g/mol. The highest BCUT2D eigenvalue weighted by Gasteiger charge is 2.29. The third-order valence-electron chi connectivity index (χ3n) is 2.81. The van der Waals surface area contributed by atoms with Crippen molar-refractivity contribution >= 4 is 27.5 Å². The van der Waals surface area contributed by atoms with Gasteiger partial charge in [0.2, 0.25) is 5.91 Å². The lowest BCUT2D eigenvalue weighted by Gasteiger charge is -2.07. The molecule has 80 valence electrons. The standard InChI is InChI=1S/C12H14BrNO/c1-2-3-4-9-10-7-8(13)5-6-11(10)14-12(9)15/h5-7,9H,2-4H2,1H3,(H,14,15). The highest BCUT2D eigenvalue weighted by Crippen LogP contribution is 2.37. The second-order valence-corrected chi connectivity index (χ2v) is 4.83. The van der Waals surface area contributed by atoms with E-state index in [4.69, 9.17) is 0 Å². The number of benzene rings is 1. The van der Waals surface area contributed by atoms with Crippen LogP contribution in [0.1, 0.15) is 37.7 Å². The molecule has 0 saturated carbocycles. The Kier molecular flexibility index (Phi) is 3.10. The molecule has 2 nitrogen and oxygen atoms in total. The topological polar surface area (TPSA) is 29.1 Å². The van der Waals surface area contributed by atoms with Crippen LogP contribution in [0.25, 0.3) is 0 Å². The Morgan fingerprint density at radius 1 is 1.47 bits per heavy atom. The van der Waals surface area contributed by atoms with Crippen molar-refractivity contribution in [2.75, 3.05) is 5.32 Å². The van der Waals surface area contributed by atoms with Gasteiger partial charge in [0.05, 0.1) is 5.92 Å². The van der Waals surface area contributed by atoms with Crippen LogP contribution in [-0.2, 0) is 4.79 Å². The zero-order valence-electron chi connectivity index (χ0n) is 8.72. The van der Waals surface area contributed by atoms with E-state index in [0.29, 0.717) is 0 Å². The van der Waals surface area contributed by atoms with Crippen molar-refractivity contribution in [1.29, 1.82) is 0 Å². The van der Waals surface area contributed by atoms with E-state index in [0.717, 1.165) is 35.0 Å². The quantitative estimate of drug-likeness (QED) is 0.890. The maximum absolute atomic E-state index is 11.7. The van der Waals surface area contributed by atoms with E-state index in [1.165, 1.54) is 0 Å². The number of unbranched alkanes of at least 4 members (excludes halogenated alkanes) is 1. The molecule has 3 heteroatoms. The number of hydrogen-bond donors (Lipinski definition) is 1. The first-order valence-electron chi connectivity index (χ1n) is 5.32. The molecule has 1 atom stereocenters. The summed E-state index contributed by atoms with van der Waals surface area (Å²) in [4.78, 5) is 11.7. The van der Waals surface area contributed by atoms with Crippen molar-refractivity contribution in [1.82, 2.24) is 0 Å². The summed E-state index contributed by atoms with van der Waals surface area (Å²) in [6, 6.07) is 5.97. The van der Waals surface area contributed by atoms with Crippen LogP contribution < -0.4 is 5.32 Å². The molecule has 1 N–H and O–H groups in total. The molecule has 0 saturated heterocycles. The van der Waals surface area contributed by atoms with Gasteiger partial charge in [0.15, 0.2) is 0 Å². The molecular formula is C12H14BrNO. The maximum atomic E-state index is 11.7. The summed E-state index contributed by atoms with van der Waals surface area (Å²) in [6.45, 7) is 2.15. The minimum atomic E-state index is 0.0532. The first-order chi connectivity index (χ1) is 7.22. The molecule has 1 amide bonds. The third-order valence-corrected chi connectivity index (χ3v) is 3.30. The van der Waals surface area contributed by atoms with E-state index in [1.54, 1.807) is 0 Å². The average Bonchev–Trinajstić information content (AvgIpc) is 2.51. The summed E-state index contributed by atoms with van der Waals surface area (Å²) in [5.41, 5.74) is 2.12. The molecule has 1 aliphatic rings. The van der Waals surface area contributed by atoms with Gasteiger partial charge < -0.3 is 5.32 Å². The Morgan fingerprint density at radius 3 is 3.00 bits per heavy atom. The summed E-state index contributed by atoms with van der Waals surface area (Å²) in [7, 11) is 0. The van der Waals surface area contributed by atoms with Gasteiger partial charge in [-0.15, -0.1) is 0 Å². The summed E-state index contributed by atoms with van der Waals surface area (Å²) in [6.07, 6.45) is 3.18. The molecule has 1 aliphatic heterocycles. The number of carbonyl (C=O) groups is 1. The van der Waals surface area contributed by atoms with Gasteiger partial charge in [-0.25, -0.2) is 0 Å². The van der Waals surface area contributed by atoms with Gasteiger partial charge in [0, 0.05) is 10.2 Å². The van der Waals surface area contributed by atoms with Crippen LogP contribution in [0.4, 0.5) is 5.69 Å². The van der Waals surface area contributed by atoms with Crippen molar-refractivity contribution < 1.29 is 4.79 Å². The smallest absolute Gasteiger partial charge is 0.232 e. The predicted octanol–water partition coefficient (Wildman–Crippen LogP) is 3.68. The first-order valence-corrected chi connectivity index (χ1v) is 6.12. The lowest BCUT2D eigenvalue weighted by atomic mass is 9.95. The highest BCUT2D eigenvalue weighted by molar-refractivity contribution is 9.10. The SMILES string of the molecule is CCCCC1C(=O)Nc2ccc(Br)cc21. The fourth-order valence-corrected chi connectivity index (χ4v) is 2.37. The van der Waals surface area contributed by atoms with Crippen LogP contribution in [-0.4, -0.2) is 5.91 Å². The lowest BCUT2D eigenvalue weighted by molar-refractivity contribution is -0.117. The van der Waals surface area contributed by atoms with Gasteiger partial charge in [-0.2, -0.15) is 0 Å². The van der Waals surface area contributed by atoms with Gasteiger partial charge in [-0.3, -0.25) is 4.79 Å². The van der Waals surface area contributed by atoms with Gasteiger partial charge in [-0.1, -0.05) is 35.7 Å². The van der Waals surface area contributed by atoms with E-state index < -0.39 is 0 Å². The summed E-state index contributed by atoms with van der Waals surface area (Å²) in [5, 5.41) is 2.92. The fraction of sp³-hybridized carbons (Fsp3) is 0.417. The molecule has 15 heavy (non-hydrogen) atoms. The third kappa shape index (κ3) is 2.07. The molecule has 0 fully saturated rings. The normalized spacial score (nSPS) is 18.8. The molecule has 1 unspecified atom stereocenters. The predicted molar refractivity (Wildman–Crippen MR) is 65.0 cm³/mol. The fourth-order valence-electron chi connectivity index (χ4n) is 1.99. The average molecular weight is 268 g/mol. The van der Waals surface area contributed by atoms with E-state index in [9.17, 15) is 4.79 Å². The largest absolute Gasteiger partial charge is 0.325 e. The number of fused-ring (bicyclic) bond motifs is 1. The Morgan fingerprint density at radius 2 is 2.27 bits per heavy atom. The van der Waals surface area contributed by atoms with Gasteiger partial charge in [-0.05, 0) is 30.2 Å². The number of carbonyl (C=O) groups excluding carboxylic acids is 1. The Bertz CT molecular complexity index is 389. The minimum absolute atomic E-state index is 0.0532. The number of hydrogen-bond acceptors (Lipinski definition) is 1. The number of halogens is 1. The van der Waals surface area contributed by atoms with E-state index in [-0.39, 0.29) is 11.8 Å². The van der Waals surface area contributed by atoms with Crippen molar-refractivity contribution in [3.05, 3.63) is 28.2 Å². The zero-order valence-corrected chi connectivity index (χ0v) is 10.3. The lowest BCUT2D eigenvalue weighted by Crippen LogP contribution is -2.11. The Hall–Kier alpha value is -0.830. The Balaban J connectivity index is 2.27. The van der Waals surface area contributed by atoms with E-state index in [2.05, 4.69) is 28.2 Å². The summed E-state index contributed by atoms with van der Waals surface area (Å²) >= 11 is 3.44. The van der Waals surface area contributed by atoms with Crippen LogP contribution >= 0.6 is 15.9 Å². The molecule has 0 bridgehead atoms. The molecule has 0 aromatic heterocycles. The van der Waals surface area contributed by atoms with Gasteiger partial charge >= 0.3 is 0 Å². The minimum Gasteiger partial charge on any atom is -0.325 e.